The molecule has 0 aliphatic heterocycles. The third-order valence-electron chi connectivity index (χ3n) is 2.96. The maximum absolute atomic E-state index is 5.85. The maximum atomic E-state index is 5.85. The van der Waals surface area contributed by atoms with Crippen molar-refractivity contribution in [1.82, 2.24) is 4.98 Å². The van der Waals surface area contributed by atoms with Gasteiger partial charge in [-0.1, -0.05) is 26.0 Å². The molecule has 0 saturated heterocycles. The van der Waals surface area contributed by atoms with Crippen molar-refractivity contribution in [1.29, 1.82) is 0 Å². The first kappa shape index (κ1) is 15.2. The molecule has 4 heteroatoms. The van der Waals surface area contributed by atoms with E-state index in [0.717, 1.165) is 5.75 Å². The maximum Gasteiger partial charge on any atom is 0.240 e. The topological polar surface area (TPSA) is 57.4 Å². The van der Waals surface area contributed by atoms with E-state index in [4.69, 9.17) is 15.2 Å². The summed E-state index contributed by atoms with van der Waals surface area (Å²) in [4.78, 5) is 4.31. The minimum atomic E-state index is 0.0133. The van der Waals surface area contributed by atoms with Crippen LogP contribution in [0.4, 0.5) is 5.69 Å². The van der Waals surface area contributed by atoms with E-state index in [0.29, 0.717) is 23.4 Å². The Balaban J connectivity index is 2.21. The van der Waals surface area contributed by atoms with Crippen LogP contribution in [0.25, 0.3) is 0 Å². The van der Waals surface area contributed by atoms with Crippen LogP contribution < -0.4 is 15.2 Å². The second kappa shape index (κ2) is 6.48. The number of benzene rings is 1. The summed E-state index contributed by atoms with van der Waals surface area (Å²) >= 11 is 0. The number of ether oxygens (including phenoxy) is 2. The highest BCUT2D eigenvalue weighted by Crippen LogP contribution is 2.28. The molecule has 2 aromatic rings. The molecule has 0 radical (unpaired) electrons. The van der Waals surface area contributed by atoms with E-state index >= 15 is 0 Å². The number of aromatic nitrogens is 1. The van der Waals surface area contributed by atoms with Crippen molar-refractivity contribution < 1.29 is 9.47 Å². The summed E-state index contributed by atoms with van der Waals surface area (Å²) in [5, 5.41) is 0. The Morgan fingerprint density at radius 1 is 1.05 bits per heavy atom. The zero-order valence-corrected chi connectivity index (χ0v) is 13.0. The lowest BCUT2D eigenvalue weighted by molar-refractivity contribution is 0.232. The lowest BCUT2D eigenvalue weighted by Gasteiger charge is -2.13. The lowest BCUT2D eigenvalue weighted by Crippen LogP contribution is -2.09. The standard InChI is InChI=1S/C17H22N2O2/c1-11(2)13-6-5-7-14(10-13)21-16-9-8-15(18)17(19-16)20-12(3)4/h5-12H,18H2,1-4H3. The van der Waals surface area contributed by atoms with Crippen LogP contribution in [0.1, 0.15) is 39.2 Å². The quantitative estimate of drug-likeness (QED) is 0.886. The van der Waals surface area contributed by atoms with Crippen molar-refractivity contribution in [3.63, 3.8) is 0 Å². The van der Waals surface area contributed by atoms with Crippen molar-refractivity contribution in [2.24, 2.45) is 0 Å². The smallest absolute Gasteiger partial charge is 0.240 e. The molecule has 1 aromatic carbocycles. The first-order valence-electron chi connectivity index (χ1n) is 7.16. The summed E-state index contributed by atoms with van der Waals surface area (Å²) in [5.41, 5.74) is 7.58. The Kier molecular flexibility index (Phi) is 4.68. The van der Waals surface area contributed by atoms with Crippen LogP contribution in [0.3, 0.4) is 0 Å². The van der Waals surface area contributed by atoms with E-state index in [2.05, 4.69) is 24.9 Å². The highest BCUT2D eigenvalue weighted by Gasteiger charge is 2.08. The molecule has 0 fully saturated rings. The number of anilines is 1. The molecule has 1 heterocycles. The average Bonchev–Trinajstić information content (AvgIpc) is 2.42. The van der Waals surface area contributed by atoms with Crippen LogP contribution in [0.5, 0.6) is 17.5 Å². The van der Waals surface area contributed by atoms with E-state index in [-0.39, 0.29) is 6.10 Å². The van der Waals surface area contributed by atoms with Gasteiger partial charge in [0.25, 0.3) is 0 Å². The minimum absolute atomic E-state index is 0.0133. The van der Waals surface area contributed by atoms with E-state index < -0.39 is 0 Å². The van der Waals surface area contributed by atoms with Gasteiger partial charge in [0.05, 0.1) is 11.8 Å². The number of nitrogen functional groups attached to an aromatic ring is 1. The van der Waals surface area contributed by atoms with E-state index in [9.17, 15) is 0 Å². The predicted molar refractivity (Wildman–Crippen MR) is 85.0 cm³/mol. The minimum Gasteiger partial charge on any atom is -0.473 e. The molecule has 0 unspecified atom stereocenters. The monoisotopic (exact) mass is 286 g/mol. The fourth-order valence-corrected chi connectivity index (χ4v) is 1.87. The van der Waals surface area contributed by atoms with Crippen molar-refractivity contribution >= 4 is 5.69 Å². The van der Waals surface area contributed by atoms with E-state index in [1.165, 1.54) is 5.56 Å². The highest BCUT2D eigenvalue weighted by molar-refractivity contribution is 5.50. The normalized spacial score (nSPS) is 11.0. The Morgan fingerprint density at radius 2 is 1.81 bits per heavy atom. The van der Waals surface area contributed by atoms with Crippen LogP contribution in [0, 0.1) is 0 Å². The number of hydrogen-bond acceptors (Lipinski definition) is 4. The fourth-order valence-electron chi connectivity index (χ4n) is 1.87. The summed E-state index contributed by atoms with van der Waals surface area (Å²) in [6.45, 7) is 8.16. The molecule has 0 saturated carbocycles. The second-order valence-corrected chi connectivity index (χ2v) is 5.54. The molecule has 0 aliphatic carbocycles. The van der Waals surface area contributed by atoms with Crippen LogP contribution in [0.15, 0.2) is 36.4 Å². The third kappa shape index (κ3) is 4.12. The summed E-state index contributed by atoms with van der Waals surface area (Å²) in [6, 6.07) is 11.5. The van der Waals surface area contributed by atoms with Gasteiger partial charge in [-0.25, -0.2) is 0 Å². The van der Waals surface area contributed by atoms with Gasteiger partial charge in [-0.05, 0) is 43.5 Å². The van der Waals surface area contributed by atoms with Crippen molar-refractivity contribution in [2.45, 2.75) is 39.7 Å². The number of pyridine rings is 1. The van der Waals surface area contributed by atoms with Gasteiger partial charge in [0.2, 0.25) is 11.8 Å². The second-order valence-electron chi connectivity index (χ2n) is 5.54. The SMILES string of the molecule is CC(C)Oc1nc(Oc2cccc(C(C)C)c2)ccc1N. The van der Waals surface area contributed by atoms with E-state index in [1.54, 1.807) is 12.1 Å². The van der Waals surface area contributed by atoms with Crippen LogP contribution in [-0.2, 0) is 0 Å². The van der Waals surface area contributed by atoms with Crippen molar-refractivity contribution in [3.05, 3.63) is 42.0 Å². The number of nitrogens with two attached hydrogens (primary N) is 1. The number of hydrogen-bond donors (Lipinski definition) is 1. The van der Waals surface area contributed by atoms with Crippen molar-refractivity contribution in [3.8, 4) is 17.5 Å². The lowest BCUT2D eigenvalue weighted by atomic mass is 10.0. The Hall–Kier alpha value is -2.23. The summed E-state index contributed by atoms with van der Waals surface area (Å²) in [5.74, 6) is 2.09. The Bertz CT molecular complexity index is 609. The van der Waals surface area contributed by atoms with Gasteiger partial charge in [-0.2, -0.15) is 4.98 Å². The molecule has 1 aromatic heterocycles. The average molecular weight is 286 g/mol. The molecule has 21 heavy (non-hydrogen) atoms. The summed E-state index contributed by atoms with van der Waals surface area (Å²) < 4.78 is 11.4. The van der Waals surface area contributed by atoms with Crippen LogP contribution >= 0.6 is 0 Å². The van der Waals surface area contributed by atoms with Gasteiger partial charge < -0.3 is 15.2 Å². The van der Waals surface area contributed by atoms with Gasteiger partial charge in [0.1, 0.15) is 5.75 Å². The molecule has 0 bridgehead atoms. The number of nitrogens with zero attached hydrogens (tertiary/aromatic N) is 1. The molecular weight excluding hydrogens is 264 g/mol. The van der Waals surface area contributed by atoms with Gasteiger partial charge >= 0.3 is 0 Å². The van der Waals surface area contributed by atoms with E-state index in [1.807, 2.05) is 32.0 Å². The Morgan fingerprint density at radius 3 is 2.48 bits per heavy atom. The summed E-state index contributed by atoms with van der Waals surface area (Å²) in [6.07, 6.45) is 0.0133. The third-order valence-corrected chi connectivity index (χ3v) is 2.96. The molecule has 112 valence electrons. The molecule has 2 rings (SSSR count). The van der Waals surface area contributed by atoms with Gasteiger partial charge in [0, 0.05) is 6.07 Å². The van der Waals surface area contributed by atoms with Gasteiger partial charge in [-0.3, -0.25) is 0 Å². The van der Waals surface area contributed by atoms with Crippen LogP contribution in [-0.4, -0.2) is 11.1 Å². The van der Waals surface area contributed by atoms with Gasteiger partial charge in [-0.15, -0.1) is 0 Å². The van der Waals surface area contributed by atoms with Gasteiger partial charge in [0.15, 0.2) is 0 Å². The molecule has 0 aliphatic rings. The zero-order valence-electron chi connectivity index (χ0n) is 13.0. The Labute approximate surface area is 125 Å². The molecule has 0 spiro atoms. The zero-order chi connectivity index (χ0) is 15.4. The summed E-state index contributed by atoms with van der Waals surface area (Å²) in [7, 11) is 0. The number of rotatable bonds is 5. The van der Waals surface area contributed by atoms with Crippen molar-refractivity contribution in [2.75, 3.05) is 5.73 Å². The van der Waals surface area contributed by atoms with Crippen LogP contribution in [0.2, 0.25) is 0 Å². The first-order valence-corrected chi connectivity index (χ1v) is 7.16. The highest BCUT2D eigenvalue weighted by atomic mass is 16.5. The largest absolute Gasteiger partial charge is 0.473 e. The first-order chi connectivity index (χ1) is 9.95. The molecule has 0 amide bonds. The molecule has 4 nitrogen and oxygen atoms in total. The fraction of sp³-hybridized carbons (Fsp3) is 0.353. The molecular formula is C17H22N2O2. The molecule has 0 atom stereocenters. The predicted octanol–water partition coefficient (Wildman–Crippen LogP) is 4.37. The molecule has 2 N–H and O–H groups in total.